The number of piperidine rings is 1. The van der Waals surface area contributed by atoms with Gasteiger partial charge in [-0.15, -0.1) is 0 Å². The van der Waals surface area contributed by atoms with Gasteiger partial charge in [-0.05, 0) is 56.3 Å². The molecule has 1 aliphatic heterocycles. The summed E-state index contributed by atoms with van der Waals surface area (Å²) in [5.41, 5.74) is 1.38. The Labute approximate surface area is 131 Å². The highest BCUT2D eigenvalue weighted by molar-refractivity contribution is 5.92. The van der Waals surface area contributed by atoms with Gasteiger partial charge in [-0.2, -0.15) is 0 Å². The van der Waals surface area contributed by atoms with Gasteiger partial charge in [0.2, 0.25) is 5.91 Å². The molecule has 1 spiro atoms. The van der Waals surface area contributed by atoms with Crippen LogP contribution in [0.2, 0.25) is 0 Å². The first-order valence-electron chi connectivity index (χ1n) is 7.88. The van der Waals surface area contributed by atoms with Crippen LogP contribution in [0.25, 0.3) is 0 Å². The Morgan fingerprint density at radius 3 is 2.41 bits per heavy atom. The summed E-state index contributed by atoms with van der Waals surface area (Å²) in [4.78, 5) is 14.4. The van der Waals surface area contributed by atoms with E-state index in [1.165, 1.54) is 25.7 Å². The number of rotatable bonds is 5. The molecule has 22 heavy (non-hydrogen) atoms. The molecule has 0 radical (unpaired) electrons. The molecule has 0 bridgehead atoms. The number of nitrogens with zero attached hydrogens (tertiary/aromatic N) is 1. The van der Waals surface area contributed by atoms with Crippen LogP contribution in [-0.4, -0.2) is 44.7 Å². The van der Waals surface area contributed by atoms with Gasteiger partial charge in [0.05, 0.1) is 20.8 Å². The molecule has 5 nitrogen and oxygen atoms in total. The van der Waals surface area contributed by atoms with Crippen molar-refractivity contribution in [2.24, 2.45) is 5.41 Å². The van der Waals surface area contributed by atoms with Gasteiger partial charge < -0.3 is 14.8 Å². The summed E-state index contributed by atoms with van der Waals surface area (Å²) in [6.45, 7) is 2.54. The van der Waals surface area contributed by atoms with Crippen molar-refractivity contribution >= 4 is 11.6 Å². The number of carbonyl (C=O) groups is 1. The first kappa shape index (κ1) is 15.2. The van der Waals surface area contributed by atoms with Crippen LogP contribution < -0.4 is 14.8 Å². The van der Waals surface area contributed by atoms with Crippen molar-refractivity contribution in [2.75, 3.05) is 39.2 Å². The minimum Gasteiger partial charge on any atom is -0.493 e. The van der Waals surface area contributed by atoms with Gasteiger partial charge >= 0.3 is 0 Å². The summed E-state index contributed by atoms with van der Waals surface area (Å²) in [6, 6.07) is 5.41. The zero-order chi connectivity index (χ0) is 15.6. The number of nitrogens with one attached hydrogen (secondary N) is 1. The van der Waals surface area contributed by atoms with Crippen molar-refractivity contribution in [3.63, 3.8) is 0 Å². The van der Waals surface area contributed by atoms with E-state index in [0.29, 0.717) is 23.5 Å². The van der Waals surface area contributed by atoms with Gasteiger partial charge in [0, 0.05) is 11.8 Å². The second-order valence-electron chi connectivity index (χ2n) is 6.39. The number of hydrogen-bond donors (Lipinski definition) is 1. The molecule has 1 saturated heterocycles. The average Bonchev–Trinajstić information content (AvgIpc) is 3.29. The number of hydrogen-bond acceptors (Lipinski definition) is 4. The third kappa shape index (κ3) is 3.35. The summed E-state index contributed by atoms with van der Waals surface area (Å²) < 4.78 is 10.4. The third-order valence-electron chi connectivity index (χ3n) is 4.91. The van der Waals surface area contributed by atoms with E-state index in [4.69, 9.17) is 9.47 Å². The number of anilines is 1. The molecule has 5 heteroatoms. The molecule has 1 amide bonds. The Morgan fingerprint density at radius 1 is 1.14 bits per heavy atom. The Morgan fingerprint density at radius 2 is 1.82 bits per heavy atom. The van der Waals surface area contributed by atoms with Crippen LogP contribution in [-0.2, 0) is 4.79 Å². The normalized spacial score (nSPS) is 19.7. The number of methoxy groups -OCH3 is 2. The van der Waals surface area contributed by atoms with Crippen LogP contribution in [0.4, 0.5) is 5.69 Å². The fourth-order valence-corrected chi connectivity index (χ4v) is 3.18. The van der Waals surface area contributed by atoms with Crippen molar-refractivity contribution < 1.29 is 14.3 Å². The maximum absolute atomic E-state index is 12.2. The largest absolute Gasteiger partial charge is 0.493 e. The van der Waals surface area contributed by atoms with Crippen LogP contribution >= 0.6 is 0 Å². The van der Waals surface area contributed by atoms with Crippen LogP contribution in [0.1, 0.15) is 25.7 Å². The number of carbonyl (C=O) groups excluding carboxylic acids is 1. The Hall–Kier alpha value is -1.75. The molecular weight excluding hydrogens is 280 g/mol. The molecule has 1 heterocycles. The maximum atomic E-state index is 12.2. The van der Waals surface area contributed by atoms with E-state index >= 15 is 0 Å². The molecule has 0 atom stereocenters. The highest BCUT2D eigenvalue weighted by atomic mass is 16.5. The molecule has 120 valence electrons. The number of amides is 1. The first-order valence-corrected chi connectivity index (χ1v) is 7.88. The lowest BCUT2D eigenvalue weighted by Gasteiger charge is -2.31. The molecule has 1 aliphatic carbocycles. The monoisotopic (exact) mass is 304 g/mol. The van der Waals surface area contributed by atoms with Crippen LogP contribution in [0.3, 0.4) is 0 Å². The zero-order valence-electron chi connectivity index (χ0n) is 13.4. The summed E-state index contributed by atoms with van der Waals surface area (Å²) in [7, 11) is 3.18. The van der Waals surface area contributed by atoms with Crippen LogP contribution in [0, 0.1) is 5.41 Å². The zero-order valence-corrected chi connectivity index (χ0v) is 13.4. The molecular formula is C17H24N2O3. The molecule has 0 unspecified atom stereocenters. The van der Waals surface area contributed by atoms with Crippen molar-refractivity contribution in [1.29, 1.82) is 0 Å². The maximum Gasteiger partial charge on any atom is 0.238 e. The van der Waals surface area contributed by atoms with E-state index in [9.17, 15) is 4.79 Å². The van der Waals surface area contributed by atoms with Gasteiger partial charge in [-0.1, -0.05) is 0 Å². The van der Waals surface area contributed by atoms with Gasteiger partial charge in [0.1, 0.15) is 0 Å². The van der Waals surface area contributed by atoms with Gasteiger partial charge in [0.15, 0.2) is 11.5 Å². The van der Waals surface area contributed by atoms with Gasteiger partial charge in [-0.25, -0.2) is 0 Å². The fourth-order valence-electron chi connectivity index (χ4n) is 3.18. The minimum absolute atomic E-state index is 0.0268. The predicted molar refractivity (Wildman–Crippen MR) is 85.5 cm³/mol. The average molecular weight is 304 g/mol. The summed E-state index contributed by atoms with van der Waals surface area (Å²) in [6.07, 6.45) is 5.27. The Balaban J connectivity index is 1.53. The smallest absolute Gasteiger partial charge is 0.238 e. The second-order valence-corrected chi connectivity index (χ2v) is 6.39. The van der Waals surface area contributed by atoms with Crippen LogP contribution in [0.5, 0.6) is 11.5 Å². The number of likely N-dealkylation sites (tertiary alicyclic amines) is 1. The standard InChI is InChI=1S/C17H24N2O3/c1-21-14-4-3-13(11-15(14)22-2)18-16(20)12-19-9-7-17(5-6-17)8-10-19/h3-4,11H,5-10,12H2,1-2H3,(H,18,20). The lowest BCUT2D eigenvalue weighted by molar-refractivity contribution is -0.117. The Bertz CT molecular complexity index is 545. The van der Waals surface area contributed by atoms with Gasteiger partial charge in [-0.3, -0.25) is 9.69 Å². The lowest BCUT2D eigenvalue weighted by Crippen LogP contribution is -2.39. The molecule has 1 saturated carbocycles. The van der Waals surface area contributed by atoms with E-state index in [-0.39, 0.29) is 5.91 Å². The molecule has 3 rings (SSSR count). The van der Waals surface area contributed by atoms with Crippen molar-refractivity contribution in [1.82, 2.24) is 4.90 Å². The molecule has 1 N–H and O–H groups in total. The topological polar surface area (TPSA) is 50.8 Å². The SMILES string of the molecule is COc1ccc(NC(=O)CN2CCC3(CC2)CC3)cc1OC. The highest BCUT2D eigenvalue weighted by Gasteiger charge is 2.44. The molecule has 2 aliphatic rings. The predicted octanol–water partition coefficient (Wildman–Crippen LogP) is 2.52. The van der Waals surface area contributed by atoms with E-state index in [1.807, 2.05) is 6.07 Å². The first-order chi connectivity index (χ1) is 10.6. The molecule has 1 aromatic carbocycles. The van der Waals surface area contributed by atoms with E-state index in [0.717, 1.165) is 18.8 Å². The molecule has 1 aromatic rings. The summed E-state index contributed by atoms with van der Waals surface area (Å²) in [5, 5.41) is 2.94. The second kappa shape index (κ2) is 6.16. The van der Waals surface area contributed by atoms with E-state index in [1.54, 1.807) is 26.4 Å². The molecule has 0 aromatic heterocycles. The highest BCUT2D eigenvalue weighted by Crippen LogP contribution is 2.53. The number of benzene rings is 1. The quantitative estimate of drug-likeness (QED) is 0.908. The van der Waals surface area contributed by atoms with Gasteiger partial charge in [0.25, 0.3) is 0 Å². The van der Waals surface area contributed by atoms with E-state index < -0.39 is 0 Å². The van der Waals surface area contributed by atoms with Crippen molar-refractivity contribution in [3.8, 4) is 11.5 Å². The van der Waals surface area contributed by atoms with Crippen molar-refractivity contribution in [3.05, 3.63) is 18.2 Å². The molecule has 2 fully saturated rings. The van der Waals surface area contributed by atoms with E-state index in [2.05, 4.69) is 10.2 Å². The number of ether oxygens (including phenoxy) is 2. The fraction of sp³-hybridized carbons (Fsp3) is 0.588. The third-order valence-corrected chi connectivity index (χ3v) is 4.91. The van der Waals surface area contributed by atoms with Crippen molar-refractivity contribution in [2.45, 2.75) is 25.7 Å². The lowest BCUT2D eigenvalue weighted by atomic mass is 9.94. The Kier molecular flexibility index (Phi) is 4.25. The summed E-state index contributed by atoms with van der Waals surface area (Å²) in [5.74, 6) is 1.30. The minimum atomic E-state index is 0.0268. The van der Waals surface area contributed by atoms with Crippen LogP contribution in [0.15, 0.2) is 18.2 Å². The summed E-state index contributed by atoms with van der Waals surface area (Å²) >= 11 is 0.